The number of urea groups is 1. The highest BCUT2D eigenvalue weighted by Crippen LogP contribution is 2.21. The van der Waals surface area contributed by atoms with Crippen LogP contribution >= 0.6 is 11.6 Å². The Hall–Kier alpha value is -7.08. The molecule has 0 bridgehead atoms. The molecular weight excluding hydrogens is 1120 g/mol. The fourth-order valence-electron chi connectivity index (χ4n) is 8.54. The maximum absolute atomic E-state index is 13.3. The van der Waals surface area contributed by atoms with Crippen LogP contribution in [0.5, 0.6) is 23.0 Å². The topological polar surface area (TPSA) is 160 Å². The number of carbonyl (C=O) groups is 3. The van der Waals surface area contributed by atoms with E-state index in [0.29, 0.717) is 68.9 Å². The Labute approximate surface area is 523 Å². The van der Waals surface area contributed by atoms with Crippen LogP contribution in [0.25, 0.3) is 0 Å². The molecule has 2 aliphatic rings. The zero-order chi connectivity index (χ0) is 62.6. The molecule has 2 heterocycles. The molecule has 6 aromatic rings. The number of ether oxygens (including phenoxy) is 4. The number of nitrogens with zero attached hydrogens (tertiary/aromatic N) is 3. The van der Waals surface area contributed by atoms with Crippen molar-refractivity contribution in [2.24, 2.45) is 23.5 Å². The average Bonchev–Trinajstić information content (AvgIpc) is 3.03. The quantitative estimate of drug-likeness (QED) is 0.0508. The maximum Gasteiger partial charge on any atom is 0.412 e. The third-order valence-corrected chi connectivity index (χ3v) is 13.5. The summed E-state index contributed by atoms with van der Waals surface area (Å²) in [6.07, 6.45) is 3.82. The molecule has 0 aliphatic carbocycles. The molecule has 0 saturated carbocycles. The SMILES string of the molecule is C.CC(=O)Cl.CC(C)COc1ccc(CN)cc1.CC(C)COc1ccc(CNC(=O)N(Cc2ccc(F)cc2)C2CCN(C)CC2)cc1.CC(C)COc1ccc(CNC(=O)Oc2ccccc2)cc1.CN1CCC(NCc2ccc(F)cc2)CC1. The van der Waals surface area contributed by atoms with E-state index in [9.17, 15) is 23.2 Å². The summed E-state index contributed by atoms with van der Waals surface area (Å²) >= 11 is 4.64. The molecule has 0 aromatic heterocycles. The minimum Gasteiger partial charge on any atom is -0.493 e. The Morgan fingerprint density at radius 2 is 0.908 bits per heavy atom. The molecule has 0 unspecified atom stereocenters. The van der Waals surface area contributed by atoms with E-state index in [0.717, 1.165) is 84.1 Å². The first-order valence-corrected chi connectivity index (χ1v) is 30.3. The van der Waals surface area contributed by atoms with Crippen molar-refractivity contribution in [3.05, 3.63) is 191 Å². The van der Waals surface area contributed by atoms with Crippen molar-refractivity contribution in [1.29, 1.82) is 0 Å². The average molecular weight is 1220 g/mol. The van der Waals surface area contributed by atoms with Gasteiger partial charge in [0.1, 0.15) is 34.6 Å². The normalized spacial score (nSPS) is 13.3. The lowest BCUT2D eigenvalue weighted by atomic mass is 10.0. The lowest BCUT2D eigenvalue weighted by Gasteiger charge is -2.37. The van der Waals surface area contributed by atoms with Gasteiger partial charge in [-0.3, -0.25) is 4.79 Å². The lowest BCUT2D eigenvalue weighted by molar-refractivity contribution is -0.109. The van der Waals surface area contributed by atoms with Crippen molar-refractivity contribution in [2.75, 3.05) is 60.1 Å². The molecular formula is C70H98ClF2N7O7. The van der Waals surface area contributed by atoms with Crippen LogP contribution in [0.3, 0.4) is 0 Å². The first kappa shape index (κ1) is 74.2. The fourth-order valence-corrected chi connectivity index (χ4v) is 8.54. The minimum absolute atomic E-state index is 0. The molecule has 3 amide bonds. The van der Waals surface area contributed by atoms with Gasteiger partial charge in [-0.05, 0) is 196 Å². The molecule has 5 N–H and O–H groups in total. The standard InChI is InChI=1S/C25H34FN3O2.C18H21NO3.C13H19FN2.C11H17NO.C2H3ClO.CH4/c1-19(2)18-31-24-10-6-20(7-11-24)16-27-25(30)29(23-12-14-28(3)15-13-23)17-21-4-8-22(26)9-5-21;1-14(2)13-21-16-10-8-15(9-11-16)12-19-18(20)22-17-6-4-3-5-7-17;1-16-8-6-13(7-9-16)15-10-11-2-4-12(14)5-3-11;1-9(2)8-13-11-5-3-10(7-12)4-6-11;1-2(3)4;/h4-11,19,23H,12-18H2,1-3H3,(H,27,30);3-11,14H,12-13H2,1-2H3,(H,19,20);2-5,13,15H,6-10H2,1H3;3-6,9H,7-8,12H2,1-2H3;1H3;1H4. The number of amides is 3. The molecule has 2 aliphatic heterocycles. The van der Waals surface area contributed by atoms with Crippen LogP contribution in [0.4, 0.5) is 18.4 Å². The number of likely N-dealkylation sites (tertiary alicyclic amines) is 2. The number of piperidine rings is 2. The van der Waals surface area contributed by atoms with Gasteiger partial charge in [0.2, 0.25) is 5.24 Å². The molecule has 8 rings (SSSR count). The number of halogens is 3. The summed E-state index contributed by atoms with van der Waals surface area (Å²) in [7, 11) is 4.27. The molecule has 2 saturated heterocycles. The van der Waals surface area contributed by atoms with Crippen LogP contribution in [0.2, 0.25) is 0 Å². The molecule has 87 heavy (non-hydrogen) atoms. The van der Waals surface area contributed by atoms with Crippen LogP contribution in [-0.4, -0.2) is 104 Å². The lowest BCUT2D eigenvalue weighted by Crippen LogP contribution is -2.49. The van der Waals surface area contributed by atoms with Crippen LogP contribution in [0.1, 0.15) is 109 Å². The largest absolute Gasteiger partial charge is 0.493 e. The van der Waals surface area contributed by atoms with Crippen molar-refractivity contribution < 1.29 is 42.1 Å². The Balaban J connectivity index is 0.000000310. The van der Waals surface area contributed by atoms with Crippen LogP contribution in [0, 0.1) is 29.4 Å². The number of para-hydroxylation sites is 1. The van der Waals surface area contributed by atoms with Gasteiger partial charge in [-0.1, -0.05) is 128 Å². The zero-order valence-electron chi connectivity index (χ0n) is 52.0. The van der Waals surface area contributed by atoms with Crippen molar-refractivity contribution in [3.8, 4) is 23.0 Å². The smallest absolute Gasteiger partial charge is 0.412 e. The Kier molecular flexibility index (Phi) is 35.7. The third-order valence-electron chi connectivity index (χ3n) is 13.5. The predicted molar refractivity (Wildman–Crippen MR) is 349 cm³/mol. The monoisotopic (exact) mass is 1220 g/mol. The summed E-state index contributed by atoms with van der Waals surface area (Å²) in [5, 5.41) is 8.95. The van der Waals surface area contributed by atoms with Gasteiger partial charge in [0.05, 0.1) is 19.8 Å². The number of hydrogen-bond donors (Lipinski definition) is 4. The summed E-state index contributed by atoms with van der Waals surface area (Å²) in [6.45, 7) is 23.2. The summed E-state index contributed by atoms with van der Waals surface area (Å²) in [4.78, 5) is 40.5. The van der Waals surface area contributed by atoms with Gasteiger partial charge in [-0.25, -0.2) is 18.4 Å². The van der Waals surface area contributed by atoms with Gasteiger partial charge < -0.3 is 55.3 Å². The molecule has 0 radical (unpaired) electrons. The Bertz CT molecular complexity index is 2780. The zero-order valence-corrected chi connectivity index (χ0v) is 52.8. The maximum atomic E-state index is 13.3. The Morgan fingerprint density at radius 3 is 1.32 bits per heavy atom. The second-order valence-electron chi connectivity index (χ2n) is 22.8. The summed E-state index contributed by atoms with van der Waals surface area (Å²) < 4.78 is 48.0. The highest BCUT2D eigenvalue weighted by molar-refractivity contribution is 6.62. The van der Waals surface area contributed by atoms with Gasteiger partial charge in [-0.15, -0.1) is 0 Å². The molecule has 17 heteroatoms. The second kappa shape index (κ2) is 41.9. The van der Waals surface area contributed by atoms with Crippen molar-refractivity contribution in [1.82, 2.24) is 30.7 Å². The van der Waals surface area contributed by atoms with E-state index < -0.39 is 6.09 Å². The van der Waals surface area contributed by atoms with Crippen LogP contribution in [-0.2, 0) is 37.5 Å². The van der Waals surface area contributed by atoms with E-state index >= 15 is 0 Å². The highest BCUT2D eigenvalue weighted by atomic mass is 35.5. The minimum atomic E-state index is -0.466. The second-order valence-corrected chi connectivity index (χ2v) is 23.3. The van der Waals surface area contributed by atoms with Gasteiger partial charge in [-0.2, -0.15) is 0 Å². The van der Waals surface area contributed by atoms with Gasteiger partial charge in [0, 0.05) is 51.7 Å². The molecule has 6 aromatic carbocycles. The number of benzene rings is 6. The molecule has 0 atom stereocenters. The molecule has 0 spiro atoms. The summed E-state index contributed by atoms with van der Waals surface area (Å²) in [5.74, 6) is 4.23. The number of carbonyl (C=O) groups excluding carboxylic acids is 3. The summed E-state index contributed by atoms with van der Waals surface area (Å²) in [5.41, 5.74) is 10.7. The number of nitrogens with two attached hydrogens (primary N) is 1. The van der Waals surface area contributed by atoms with Gasteiger partial charge >= 0.3 is 12.1 Å². The first-order valence-electron chi connectivity index (χ1n) is 29.9. The van der Waals surface area contributed by atoms with E-state index in [4.69, 9.17) is 24.7 Å². The number of hydrogen-bond acceptors (Lipinski definition) is 11. The fraction of sp³-hybridized carbons (Fsp3) is 0.443. The first-order chi connectivity index (χ1) is 41.2. The number of nitrogens with one attached hydrogen (secondary N) is 3. The van der Waals surface area contributed by atoms with Crippen molar-refractivity contribution >= 4 is 29.0 Å². The molecule has 14 nitrogen and oxygen atoms in total. The number of rotatable bonds is 21. The van der Waals surface area contributed by atoms with E-state index in [-0.39, 0.29) is 36.4 Å². The Morgan fingerprint density at radius 1 is 0.540 bits per heavy atom. The van der Waals surface area contributed by atoms with Crippen molar-refractivity contribution in [3.63, 3.8) is 0 Å². The molecule has 476 valence electrons. The van der Waals surface area contributed by atoms with E-state index in [1.54, 1.807) is 24.3 Å². The molecule has 2 fully saturated rings. The third kappa shape index (κ3) is 33.0. The van der Waals surface area contributed by atoms with Gasteiger partial charge in [0.25, 0.3) is 0 Å². The highest BCUT2D eigenvalue weighted by Gasteiger charge is 2.27. The predicted octanol–water partition coefficient (Wildman–Crippen LogP) is 14.3. The van der Waals surface area contributed by atoms with Crippen LogP contribution < -0.4 is 40.6 Å². The van der Waals surface area contributed by atoms with Gasteiger partial charge in [0.15, 0.2) is 0 Å². The van der Waals surface area contributed by atoms with E-state index in [1.165, 1.54) is 57.1 Å². The van der Waals surface area contributed by atoms with Crippen LogP contribution in [0.15, 0.2) is 152 Å². The summed E-state index contributed by atoms with van der Waals surface area (Å²) in [6, 6.07) is 46.2. The van der Waals surface area contributed by atoms with Crippen molar-refractivity contribution in [2.45, 2.75) is 126 Å². The van der Waals surface area contributed by atoms with E-state index in [1.807, 2.05) is 108 Å². The van der Waals surface area contributed by atoms with E-state index in [2.05, 4.69) is 93.0 Å².